The SMILES string of the molecule is CCOc1cc(/C=N/NC(=O)c2nn(-c3ccc(C)c(Cl)c3)c(=O)c(C#N)c2C)ccc1O. The first-order valence-electron chi connectivity index (χ1n) is 9.86. The van der Waals surface area contributed by atoms with Gasteiger partial charge in [-0.3, -0.25) is 9.59 Å². The van der Waals surface area contributed by atoms with Crippen LogP contribution in [0.3, 0.4) is 0 Å². The van der Waals surface area contributed by atoms with Crippen LogP contribution in [-0.2, 0) is 0 Å². The lowest BCUT2D eigenvalue weighted by Crippen LogP contribution is -2.31. The van der Waals surface area contributed by atoms with Crippen molar-refractivity contribution in [3.63, 3.8) is 0 Å². The molecule has 0 aliphatic carbocycles. The lowest BCUT2D eigenvalue weighted by molar-refractivity contribution is 0.0947. The van der Waals surface area contributed by atoms with Crippen LogP contribution in [0.25, 0.3) is 5.69 Å². The molecule has 1 amide bonds. The Hall–Kier alpha value is -4.16. The number of nitrogens with zero attached hydrogens (tertiary/aromatic N) is 4. The molecule has 1 heterocycles. The maximum Gasteiger partial charge on any atom is 0.292 e. The second kappa shape index (κ2) is 9.97. The number of halogens is 1. The highest BCUT2D eigenvalue weighted by molar-refractivity contribution is 6.31. The summed E-state index contributed by atoms with van der Waals surface area (Å²) in [6.45, 7) is 5.43. The Morgan fingerprint density at radius 2 is 2.09 bits per heavy atom. The molecule has 1 aromatic heterocycles. The zero-order chi connectivity index (χ0) is 24.1. The number of aryl methyl sites for hydroxylation is 1. The highest BCUT2D eigenvalue weighted by atomic mass is 35.5. The van der Waals surface area contributed by atoms with Gasteiger partial charge in [-0.25, -0.2) is 5.43 Å². The minimum atomic E-state index is -0.712. The Labute approximate surface area is 194 Å². The molecule has 0 unspecified atom stereocenters. The Bertz CT molecular complexity index is 1360. The summed E-state index contributed by atoms with van der Waals surface area (Å²) in [4.78, 5) is 25.5. The van der Waals surface area contributed by atoms with Gasteiger partial charge in [0.05, 0.1) is 18.5 Å². The molecule has 3 rings (SSSR count). The van der Waals surface area contributed by atoms with E-state index in [-0.39, 0.29) is 28.3 Å². The van der Waals surface area contributed by atoms with E-state index in [0.29, 0.717) is 22.9 Å². The molecule has 0 saturated carbocycles. The Balaban J connectivity index is 1.94. The van der Waals surface area contributed by atoms with E-state index in [1.807, 2.05) is 6.07 Å². The number of amides is 1. The number of hydrogen-bond acceptors (Lipinski definition) is 7. The standard InChI is InChI=1S/C23H20ClN5O4/c1-4-33-20-9-15(6-8-19(20)30)12-26-27-22(31)21-14(3)17(11-25)23(32)29(28-21)16-7-5-13(2)18(24)10-16/h5-10,12,30H,4H2,1-3H3,(H,27,31)/b26-12+. The van der Waals surface area contributed by atoms with Crippen molar-refractivity contribution in [3.8, 4) is 23.3 Å². The summed E-state index contributed by atoms with van der Waals surface area (Å²) in [5, 5.41) is 27.7. The van der Waals surface area contributed by atoms with Crippen molar-refractivity contribution in [2.75, 3.05) is 6.61 Å². The zero-order valence-corrected chi connectivity index (χ0v) is 18.8. The number of benzene rings is 2. The van der Waals surface area contributed by atoms with Crippen LogP contribution in [-0.4, -0.2) is 33.6 Å². The molecule has 2 N–H and O–H groups in total. The van der Waals surface area contributed by atoms with Crippen molar-refractivity contribution >= 4 is 23.7 Å². The maximum absolute atomic E-state index is 12.8. The predicted octanol–water partition coefficient (Wildman–Crippen LogP) is 3.24. The third kappa shape index (κ3) is 5.02. The lowest BCUT2D eigenvalue weighted by atomic mass is 10.1. The van der Waals surface area contributed by atoms with E-state index in [1.165, 1.54) is 25.3 Å². The number of carbonyl (C=O) groups is 1. The molecule has 2 aromatic carbocycles. The van der Waals surface area contributed by atoms with E-state index in [2.05, 4.69) is 15.6 Å². The van der Waals surface area contributed by atoms with E-state index in [0.717, 1.165) is 10.2 Å². The van der Waals surface area contributed by atoms with Crippen molar-refractivity contribution in [1.82, 2.24) is 15.2 Å². The van der Waals surface area contributed by atoms with Crippen molar-refractivity contribution in [2.45, 2.75) is 20.8 Å². The van der Waals surface area contributed by atoms with Gasteiger partial charge in [-0.05, 0) is 62.2 Å². The molecule has 0 bridgehead atoms. The highest BCUT2D eigenvalue weighted by Crippen LogP contribution is 2.26. The Morgan fingerprint density at radius 3 is 2.76 bits per heavy atom. The molecule has 168 valence electrons. The second-order valence-corrected chi connectivity index (χ2v) is 7.38. The van der Waals surface area contributed by atoms with Gasteiger partial charge in [-0.15, -0.1) is 0 Å². The van der Waals surface area contributed by atoms with Gasteiger partial charge in [0.15, 0.2) is 17.2 Å². The van der Waals surface area contributed by atoms with Crippen LogP contribution in [0, 0.1) is 25.2 Å². The van der Waals surface area contributed by atoms with Gasteiger partial charge in [0.1, 0.15) is 11.6 Å². The van der Waals surface area contributed by atoms with E-state index in [1.54, 1.807) is 38.1 Å². The maximum atomic E-state index is 12.8. The molecule has 0 atom stereocenters. The summed E-state index contributed by atoms with van der Waals surface area (Å²) in [6.07, 6.45) is 1.36. The molecule has 33 heavy (non-hydrogen) atoms. The minimum Gasteiger partial charge on any atom is -0.504 e. The number of hydrogen-bond donors (Lipinski definition) is 2. The van der Waals surface area contributed by atoms with E-state index in [4.69, 9.17) is 16.3 Å². The first-order chi connectivity index (χ1) is 15.8. The molecule has 0 radical (unpaired) electrons. The van der Waals surface area contributed by atoms with Crippen LogP contribution in [0.5, 0.6) is 11.5 Å². The molecule has 3 aromatic rings. The third-order valence-corrected chi connectivity index (χ3v) is 5.13. The van der Waals surface area contributed by atoms with Gasteiger partial charge in [-0.1, -0.05) is 17.7 Å². The first-order valence-corrected chi connectivity index (χ1v) is 10.2. The number of hydrazone groups is 1. The molecule has 0 fully saturated rings. The summed E-state index contributed by atoms with van der Waals surface area (Å²) in [7, 11) is 0. The molecule has 0 spiro atoms. The number of phenolic OH excluding ortho intramolecular Hbond substituents is 1. The molecule has 10 heteroatoms. The van der Waals surface area contributed by atoms with Crippen molar-refractivity contribution < 1.29 is 14.6 Å². The van der Waals surface area contributed by atoms with Crippen LogP contribution in [0.2, 0.25) is 5.02 Å². The fourth-order valence-electron chi connectivity index (χ4n) is 2.94. The largest absolute Gasteiger partial charge is 0.504 e. The normalized spacial score (nSPS) is 10.8. The van der Waals surface area contributed by atoms with Gasteiger partial charge in [0.25, 0.3) is 11.5 Å². The fraction of sp³-hybridized carbons (Fsp3) is 0.174. The van der Waals surface area contributed by atoms with Gasteiger partial charge < -0.3 is 9.84 Å². The average Bonchev–Trinajstić information content (AvgIpc) is 2.78. The van der Waals surface area contributed by atoms with Gasteiger partial charge in [0, 0.05) is 10.6 Å². The number of aromatic hydroxyl groups is 1. The monoisotopic (exact) mass is 465 g/mol. The number of phenols is 1. The summed E-state index contributed by atoms with van der Waals surface area (Å²) in [6, 6.07) is 11.3. The molecule has 0 aliphatic heterocycles. The van der Waals surface area contributed by atoms with Crippen LogP contribution in [0.15, 0.2) is 46.3 Å². The van der Waals surface area contributed by atoms with Crippen LogP contribution in [0.4, 0.5) is 0 Å². The number of rotatable bonds is 6. The fourth-order valence-corrected chi connectivity index (χ4v) is 3.12. The summed E-state index contributed by atoms with van der Waals surface area (Å²) >= 11 is 6.16. The summed E-state index contributed by atoms with van der Waals surface area (Å²) in [5.41, 5.74) is 3.14. The number of aromatic nitrogens is 2. The van der Waals surface area contributed by atoms with E-state index >= 15 is 0 Å². The van der Waals surface area contributed by atoms with Crippen molar-refractivity contribution in [3.05, 3.63) is 79.7 Å². The van der Waals surface area contributed by atoms with E-state index < -0.39 is 11.5 Å². The molecular weight excluding hydrogens is 446 g/mol. The summed E-state index contributed by atoms with van der Waals surface area (Å²) < 4.78 is 6.28. The zero-order valence-electron chi connectivity index (χ0n) is 18.1. The van der Waals surface area contributed by atoms with Gasteiger partial charge in [-0.2, -0.15) is 20.1 Å². The topological polar surface area (TPSA) is 130 Å². The second-order valence-electron chi connectivity index (χ2n) is 6.97. The molecule has 9 nitrogen and oxygen atoms in total. The Kier molecular flexibility index (Phi) is 7.10. The minimum absolute atomic E-state index is 0.0136. The predicted molar refractivity (Wildman–Crippen MR) is 123 cm³/mol. The van der Waals surface area contributed by atoms with Gasteiger partial charge >= 0.3 is 0 Å². The number of nitrogens with one attached hydrogen (secondary N) is 1. The number of carbonyl (C=O) groups excluding carboxylic acids is 1. The molecule has 0 aliphatic rings. The van der Waals surface area contributed by atoms with Crippen LogP contribution < -0.4 is 15.7 Å². The van der Waals surface area contributed by atoms with Crippen LogP contribution in [0.1, 0.15) is 39.7 Å². The van der Waals surface area contributed by atoms with Crippen molar-refractivity contribution in [2.24, 2.45) is 5.10 Å². The third-order valence-electron chi connectivity index (χ3n) is 4.73. The lowest BCUT2D eigenvalue weighted by Gasteiger charge is -2.11. The van der Waals surface area contributed by atoms with Crippen molar-refractivity contribution in [1.29, 1.82) is 5.26 Å². The number of nitriles is 1. The highest BCUT2D eigenvalue weighted by Gasteiger charge is 2.20. The van der Waals surface area contributed by atoms with Crippen LogP contribution >= 0.6 is 11.6 Å². The number of ether oxygens (including phenoxy) is 1. The smallest absolute Gasteiger partial charge is 0.292 e. The molecular formula is C23H20ClN5O4. The van der Waals surface area contributed by atoms with Gasteiger partial charge in [0.2, 0.25) is 0 Å². The Morgan fingerprint density at radius 1 is 1.33 bits per heavy atom. The summed E-state index contributed by atoms with van der Waals surface area (Å²) in [5.74, 6) is -0.441. The quantitative estimate of drug-likeness (QED) is 0.424. The van der Waals surface area contributed by atoms with E-state index in [9.17, 15) is 20.0 Å². The molecule has 0 saturated heterocycles. The average molecular weight is 466 g/mol. The first kappa shape index (κ1) is 23.5.